The molecule has 3 rings (SSSR count). The zero-order chi connectivity index (χ0) is 27.9. The van der Waals surface area contributed by atoms with E-state index in [1.54, 1.807) is 67.6 Å². The molecular formula is C28H33N3O6S. The Balaban J connectivity index is 2.07. The zero-order valence-electron chi connectivity index (χ0n) is 22.2. The number of carbonyl (C=O) groups excluding carboxylic acids is 2. The third kappa shape index (κ3) is 6.44. The van der Waals surface area contributed by atoms with Crippen molar-refractivity contribution in [1.29, 1.82) is 0 Å². The van der Waals surface area contributed by atoms with Crippen LogP contribution in [-0.4, -0.2) is 59.0 Å². The van der Waals surface area contributed by atoms with Crippen LogP contribution in [0.1, 0.15) is 18.1 Å². The summed E-state index contributed by atoms with van der Waals surface area (Å²) in [5, 5.41) is 2.56. The molecule has 10 heteroatoms. The molecule has 3 aromatic rings. The molecule has 9 nitrogen and oxygen atoms in total. The molecule has 0 fully saturated rings. The highest BCUT2D eigenvalue weighted by Gasteiger charge is 2.33. The molecule has 202 valence electrons. The lowest BCUT2D eigenvalue weighted by Gasteiger charge is -2.32. The molecule has 0 saturated carbocycles. The molecule has 0 aliphatic rings. The fourth-order valence-electron chi connectivity index (χ4n) is 3.95. The summed E-state index contributed by atoms with van der Waals surface area (Å²) in [5.41, 5.74) is 1.82. The van der Waals surface area contributed by atoms with Gasteiger partial charge in [0.25, 0.3) is 10.0 Å². The van der Waals surface area contributed by atoms with E-state index in [-0.39, 0.29) is 28.8 Å². The molecule has 0 aromatic heterocycles. The first-order chi connectivity index (χ1) is 18.1. The second-order valence-corrected chi connectivity index (χ2v) is 10.5. The monoisotopic (exact) mass is 539 g/mol. The van der Waals surface area contributed by atoms with Crippen molar-refractivity contribution in [1.82, 2.24) is 10.2 Å². The Morgan fingerprint density at radius 1 is 0.947 bits per heavy atom. The summed E-state index contributed by atoms with van der Waals surface area (Å²) in [5.74, 6) is -0.0632. The topological polar surface area (TPSA) is 105 Å². The maximum atomic E-state index is 13.9. The first-order valence-electron chi connectivity index (χ1n) is 12.0. The summed E-state index contributed by atoms with van der Waals surface area (Å²) in [6.45, 7) is 2.96. The van der Waals surface area contributed by atoms with Gasteiger partial charge in [-0.15, -0.1) is 0 Å². The molecule has 0 radical (unpaired) electrons. The van der Waals surface area contributed by atoms with Gasteiger partial charge in [-0.2, -0.15) is 0 Å². The van der Waals surface area contributed by atoms with Gasteiger partial charge in [-0.25, -0.2) is 8.42 Å². The van der Waals surface area contributed by atoms with Crippen LogP contribution in [0, 0.1) is 6.92 Å². The van der Waals surface area contributed by atoms with Crippen LogP contribution in [0.5, 0.6) is 11.5 Å². The molecule has 0 aliphatic carbocycles. The maximum Gasteiger partial charge on any atom is 0.264 e. The SMILES string of the molecule is CNC(=O)[C@@H](C)N(Cc1cccc(OC)c1)C(=O)CN(c1ccccc1OC)S(=O)(=O)c1ccc(C)cc1. The number of likely N-dealkylation sites (N-methyl/N-ethyl adjacent to an activating group) is 1. The zero-order valence-corrected chi connectivity index (χ0v) is 23.0. The molecule has 0 saturated heterocycles. The van der Waals surface area contributed by atoms with Crippen molar-refractivity contribution in [2.75, 3.05) is 32.1 Å². The van der Waals surface area contributed by atoms with Gasteiger partial charge < -0.3 is 19.7 Å². The van der Waals surface area contributed by atoms with Gasteiger partial charge in [-0.05, 0) is 55.8 Å². The highest BCUT2D eigenvalue weighted by Crippen LogP contribution is 2.32. The largest absolute Gasteiger partial charge is 0.497 e. The van der Waals surface area contributed by atoms with E-state index >= 15 is 0 Å². The number of nitrogens with zero attached hydrogens (tertiary/aromatic N) is 2. The lowest BCUT2D eigenvalue weighted by Crippen LogP contribution is -2.50. The second-order valence-electron chi connectivity index (χ2n) is 8.66. The van der Waals surface area contributed by atoms with Crippen molar-refractivity contribution in [3.05, 3.63) is 83.9 Å². The minimum atomic E-state index is -4.18. The Morgan fingerprint density at radius 3 is 2.26 bits per heavy atom. The van der Waals surface area contributed by atoms with E-state index in [4.69, 9.17) is 9.47 Å². The van der Waals surface area contributed by atoms with Crippen LogP contribution in [0.2, 0.25) is 0 Å². The summed E-state index contributed by atoms with van der Waals surface area (Å²) < 4.78 is 39.5. The number of ether oxygens (including phenoxy) is 2. The molecule has 1 atom stereocenters. The van der Waals surface area contributed by atoms with E-state index in [1.165, 1.54) is 38.3 Å². The first kappa shape index (κ1) is 28.5. The van der Waals surface area contributed by atoms with Crippen LogP contribution in [0.4, 0.5) is 5.69 Å². The molecule has 0 heterocycles. The van der Waals surface area contributed by atoms with Crippen LogP contribution < -0.4 is 19.1 Å². The van der Waals surface area contributed by atoms with Crippen molar-refractivity contribution in [2.45, 2.75) is 31.3 Å². The molecule has 0 bridgehead atoms. The van der Waals surface area contributed by atoms with Crippen LogP contribution >= 0.6 is 0 Å². The normalized spacial score (nSPS) is 11.8. The van der Waals surface area contributed by atoms with Crippen molar-refractivity contribution < 1.29 is 27.5 Å². The number of nitrogens with one attached hydrogen (secondary N) is 1. The lowest BCUT2D eigenvalue weighted by molar-refractivity contribution is -0.139. The van der Waals surface area contributed by atoms with Crippen molar-refractivity contribution in [3.63, 3.8) is 0 Å². The Hall–Kier alpha value is -4.05. The summed E-state index contributed by atoms with van der Waals surface area (Å²) in [6, 6.07) is 19.2. The molecule has 0 aliphatic heterocycles. The van der Waals surface area contributed by atoms with Gasteiger partial charge in [-0.1, -0.05) is 42.0 Å². The minimum absolute atomic E-state index is 0.0282. The molecule has 0 spiro atoms. The quantitative estimate of drug-likeness (QED) is 0.401. The summed E-state index contributed by atoms with van der Waals surface area (Å²) in [4.78, 5) is 27.8. The standard InChI is InChI=1S/C28H33N3O6S/c1-20-13-15-24(16-14-20)38(34,35)31(25-11-6-7-12-26(25)37-5)19-27(32)30(21(2)28(33)29-3)18-22-9-8-10-23(17-22)36-4/h6-17,21H,18-19H2,1-5H3,(H,29,33)/t21-/m1/s1. The smallest absolute Gasteiger partial charge is 0.264 e. The van der Waals surface area contributed by atoms with E-state index < -0.39 is 28.5 Å². The van der Waals surface area contributed by atoms with E-state index in [0.29, 0.717) is 5.75 Å². The van der Waals surface area contributed by atoms with Gasteiger partial charge in [0.1, 0.15) is 24.1 Å². The van der Waals surface area contributed by atoms with Crippen molar-refractivity contribution >= 4 is 27.5 Å². The van der Waals surface area contributed by atoms with Gasteiger partial charge in [0.2, 0.25) is 11.8 Å². The number of para-hydroxylation sites is 2. The highest BCUT2D eigenvalue weighted by molar-refractivity contribution is 7.92. The average Bonchev–Trinajstić information content (AvgIpc) is 2.93. The lowest BCUT2D eigenvalue weighted by atomic mass is 10.1. The predicted octanol–water partition coefficient (Wildman–Crippen LogP) is 3.37. The average molecular weight is 540 g/mol. The van der Waals surface area contributed by atoms with Gasteiger partial charge in [0, 0.05) is 13.6 Å². The van der Waals surface area contributed by atoms with Crippen LogP contribution in [0.3, 0.4) is 0 Å². The number of sulfonamides is 1. The number of aryl methyl sites for hydroxylation is 1. The fourth-order valence-corrected chi connectivity index (χ4v) is 5.37. The fraction of sp³-hybridized carbons (Fsp3) is 0.286. The molecule has 2 amide bonds. The predicted molar refractivity (Wildman–Crippen MR) is 146 cm³/mol. The number of amides is 2. The van der Waals surface area contributed by atoms with Crippen molar-refractivity contribution in [2.24, 2.45) is 0 Å². The van der Waals surface area contributed by atoms with Crippen LogP contribution in [0.25, 0.3) is 0 Å². The third-order valence-corrected chi connectivity index (χ3v) is 7.92. The van der Waals surface area contributed by atoms with Crippen LogP contribution in [-0.2, 0) is 26.2 Å². The Morgan fingerprint density at radius 2 is 1.63 bits per heavy atom. The van der Waals surface area contributed by atoms with E-state index in [9.17, 15) is 18.0 Å². The maximum absolute atomic E-state index is 13.9. The van der Waals surface area contributed by atoms with E-state index in [2.05, 4.69) is 5.32 Å². The van der Waals surface area contributed by atoms with E-state index in [0.717, 1.165) is 15.4 Å². The number of rotatable bonds is 11. The van der Waals surface area contributed by atoms with Gasteiger partial charge >= 0.3 is 0 Å². The summed E-state index contributed by atoms with van der Waals surface area (Å²) in [6.07, 6.45) is 0. The number of hydrogen-bond acceptors (Lipinski definition) is 6. The third-order valence-electron chi connectivity index (χ3n) is 6.14. The Bertz CT molecular complexity index is 1380. The molecule has 3 aromatic carbocycles. The van der Waals surface area contributed by atoms with E-state index in [1.807, 2.05) is 6.92 Å². The van der Waals surface area contributed by atoms with Crippen molar-refractivity contribution in [3.8, 4) is 11.5 Å². The minimum Gasteiger partial charge on any atom is -0.497 e. The molecule has 38 heavy (non-hydrogen) atoms. The number of methoxy groups -OCH3 is 2. The Kier molecular flexibility index (Phi) is 9.35. The summed E-state index contributed by atoms with van der Waals surface area (Å²) in [7, 11) is 0.269. The number of hydrogen-bond donors (Lipinski definition) is 1. The Labute approximate surface area is 224 Å². The van der Waals surface area contributed by atoms with Crippen LogP contribution in [0.15, 0.2) is 77.7 Å². The molecule has 0 unspecified atom stereocenters. The highest BCUT2D eigenvalue weighted by atomic mass is 32.2. The molecule has 1 N–H and O–H groups in total. The number of anilines is 1. The summed E-state index contributed by atoms with van der Waals surface area (Å²) >= 11 is 0. The first-order valence-corrected chi connectivity index (χ1v) is 13.4. The van der Waals surface area contributed by atoms with Gasteiger partial charge in [0.15, 0.2) is 0 Å². The molecular weight excluding hydrogens is 506 g/mol. The van der Waals surface area contributed by atoms with Gasteiger partial charge in [-0.3, -0.25) is 13.9 Å². The second kappa shape index (κ2) is 12.5. The number of benzene rings is 3. The number of carbonyl (C=O) groups is 2. The van der Waals surface area contributed by atoms with Gasteiger partial charge in [0.05, 0.1) is 24.8 Å².